The quantitative estimate of drug-likeness (QED) is 0.189. The number of rotatable bonds is 8. The highest BCUT2D eigenvalue weighted by atomic mass is 35.5. The molecule has 1 atom stereocenters. The zero-order valence-electron chi connectivity index (χ0n) is 18.0. The number of esters is 1. The monoisotopic (exact) mass is 484 g/mol. The van der Waals surface area contributed by atoms with Crippen molar-refractivity contribution in [3.63, 3.8) is 0 Å². The molecule has 170 valence electrons. The highest BCUT2D eigenvalue weighted by Crippen LogP contribution is 2.28. The van der Waals surface area contributed by atoms with Crippen LogP contribution < -0.4 is 14.9 Å². The molecule has 1 unspecified atom stereocenters. The lowest BCUT2D eigenvalue weighted by Gasteiger charge is -2.16. The summed E-state index contributed by atoms with van der Waals surface area (Å²) in [6, 6.07) is 18.7. The van der Waals surface area contributed by atoms with Crippen LogP contribution in [-0.4, -0.2) is 24.2 Å². The van der Waals surface area contributed by atoms with E-state index in [0.29, 0.717) is 39.1 Å². The number of carbonyl (C=O) groups is 2. The molecule has 0 aromatic heterocycles. The Morgan fingerprint density at radius 3 is 2.45 bits per heavy atom. The molecule has 1 N–H and O–H groups in total. The second-order valence-electron chi connectivity index (χ2n) is 7.10. The number of benzene rings is 3. The van der Waals surface area contributed by atoms with Crippen LogP contribution in [-0.2, 0) is 4.79 Å². The van der Waals surface area contributed by atoms with Crippen molar-refractivity contribution < 1.29 is 19.1 Å². The summed E-state index contributed by atoms with van der Waals surface area (Å²) in [4.78, 5) is 24.7. The van der Waals surface area contributed by atoms with Gasteiger partial charge in [0.2, 0.25) is 0 Å². The molecule has 0 radical (unpaired) electrons. The van der Waals surface area contributed by atoms with Crippen molar-refractivity contribution in [2.45, 2.75) is 26.4 Å². The summed E-state index contributed by atoms with van der Waals surface area (Å²) in [5, 5.41) is 4.77. The topological polar surface area (TPSA) is 77.0 Å². The summed E-state index contributed by atoms with van der Waals surface area (Å²) in [5.41, 5.74) is 4.52. The summed E-state index contributed by atoms with van der Waals surface area (Å²) in [6.45, 7) is 3.66. The van der Waals surface area contributed by atoms with Crippen molar-refractivity contribution in [3.05, 3.63) is 93.5 Å². The van der Waals surface area contributed by atoms with Gasteiger partial charge in [-0.3, -0.25) is 4.79 Å². The van der Waals surface area contributed by atoms with Crippen LogP contribution in [0.25, 0.3) is 0 Å². The van der Waals surface area contributed by atoms with E-state index >= 15 is 0 Å². The molecule has 3 aromatic rings. The second kappa shape index (κ2) is 11.5. The fourth-order valence-corrected chi connectivity index (χ4v) is 3.33. The summed E-state index contributed by atoms with van der Waals surface area (Å²) >= 11 is 12.0. The molecule has 1 amide bonds. The number of hydrazone groups is 1. The van der Waals surface area contributed by atoms with Crippen LogP contribution >= 0.6 is 23.2 Å². The normalized spacial score (nSPS) is 11.8. The molecule has 0 saturated carbocycles. The van der Waals surface area contributed by atoms with Crippen molar-refractivity contribution in [1.82, 2.24) is 5.43 Å². The number of ether oxygens (including phenoxy) is 2. The summed E-state index contributed by atoms with van der Waals surface area (Å²) < 4.78 is 11.1. The number of nitrogens with one attached hydrogen (secondary N) is 1. The Hall–Kier alpha value is -3.35. The molecule has 33 heavy (non-hydrogen) atoms. The first-order valence-electron chi connectivity index (χ1n) is 10.2. The van der Waals surface area contributed by atoms with Crippen LogP contribution in [0.1, 0.15) is 34.8 Å². The largest absolute Gasteiger partial charge is 0.479 e. The van der Waals surface area contributed by atoms with Crippen LogP contribution in [0, 0.1) is 6.92 Å². The Morgan fingerprint density at radius 1 is 1.06 bits per heavy atom. The average Bonchev–Trinajstić information content (AvgIpc) is 2.80. The van der Waals surface area contributed by atoms with Gasteiger partial charge < -0.3 is 9.47 Å². The summed E-state index contributed by atoms with van der Waals surface area (Å²) in [7, 11) is 0. The first-order valence-corrected chi connectivity index (χ1v) is 11.0. The van der Waals surface area contributed by atoms with E-state index in [4.69, 9.17) is 32.7 Å². The number of carbonyl (C=O) groups excluding carboxylic acids is 2. The van der Waals surface area contributed by atoms with Gasteiger partial charge in [-0.15, -0.1) is 0 Å². The van der Waals surface area contributed by atoms with Gasteiger partial charge in [-0.25, -0.2) is 10.2 Å². The van der Waals surface area contributed by atoms with Gasteiger partial charge in [0.05, 0.1) is 16.8 Å². The van der Waals surface area contributed by atoms with Gasteiger partial charge in [0.15, 0.2) is 6.10 Å². The molecule has 0 fully saturated rings. The van der Waals surface area contributed by atoms with Gasteiger partial charge in [0.1, 0.15) is 11.5 Å². The van der Waals surface area contributed by atoms with E-state index in [0.717, 1.165) is 5.56 Å². The third-order valence-corrected chi connectivity index (χ3v) is 5.20. The molecule has 0 aliphatic heterocycles. The average molecular weight is 485 g/mol. The molecule has 0 aliphatic rings. The Morgan fingerprint density at radius 2 is 1.79 bits per heavy atom. The van der Waals surface area contributed by atoms with Crippen molar-refractivity contribution in [1.29, 1.82) is 0 Å². The number of aryl methyl sites for hydroxylation is 1. The van der Waals surface area contributed by atoms with Gasteiger partial charge in [-0.1, -0.05) is 48.3 Å². The molecule has 8 heteroatoms. The number of halogens is 2. The highest BCUT2D eigenvalue weighted by molar-refractivity contribution is 6.35. The minimum Gasteiger partial charge on any atom is -0.479 e. The minimum atomic E-state index is -0.774. The van der Waals surface area contributed by atoms with Crippen molar-refractivity contribution in [2.75, 3.05) is 0 Å². The van der Waals surface area contributed by atoms with Crippen molar-refractivity contribution in [2.24, 2.45) is 5.10 Å². The minimum absolute atomic E-state index is 0.320. The molecule has 0 spiro atoms. The Balaban J connectivity index is 1.55. The van der Waals surface area contributed by atoms with E-state index in [1.54, 1.807) is 54.6 Å². The highest BCUT2D eigenvalue weighted by Gasteiger charge is 2.19. The van der Waals surface area contributed by atoms with E-state index in [1.807, 2.05) is 26.0 Å². The molecule has 3 rings (SSSR count). The first-order chi connectivity index (χ1) is 15.9. The Kier molecular flexibility index (Phi) is 8.46. The smallest absolute Gasteiger partial charge is 0.343 e. The Labute approximate surface area is 202 Å². The molecule has 0 bridgehead atoms. The Bertz CT molecular complexity index is 1160. The molecule has 0 aliphatic carbocycles. The third-order valence-electron chi connectivity index (χ3n) is 4.67. The summed E-state index contributed by atoms with van der Waals surface area (Å²) in [6.07, 6.45) is 1.12. The van der Waals surface area contributed by atoms with Crippen LogP contribution in [0.3, 0.4) is 0 Å². The molecule has 3 aromatic carbocycles. The third kappa shape index (κ3) is 6.81. The number of nitrogens with zero attached hydrogens (tertiary/aromatic N) is 1. The van der Waals surface area contributed by atoms with Crippen LogP contribution in [0.4, 0.5) is 0 Å². The van der Waals surface area contributed by atoms with E-state index in [9.17, 15) is 9.59 Å². The maximum atomic E-state index is 12.4. The van der Waals surface area contributed by atoms with Crippen LogP contribution in [0.5, 0.6) is 11.5 Å². The molecule has 0 saturated heterocycles. The van der Waals surface area contributed by atoms with Crippen LogP contribution in [0.15, 0.2) is 71.8 Å². The van der Waals surface area contributed by atoms with Crippen molar-refractivity contribution >= 4 is 41.3 Å². The fourth-order valence-electron chi connectivity index (χ4n) is 2.87. The van der Waals surface area contributed by atoms with Gasteiger partial charge in [-0.2, -0.15) is 5.10 Å². The second-order valence-corrected chi connectivity index (χ2v) is 7.94. The maximum Gasteiger partial charge on any atom is 0.343 e. The lowest BCUT2D eigenvalue weighted by atomic mass is 10.1. The molecule has 0 heterocycles. The van der Waals surface area contributed by atoms with Crippen molar-refractivity contribution in [3.8, 4) is 11.5 Å². The molecule has 6 nitrogen and oxygen atoms in total. The zero-order valence-corrected chi connectivity index (χ0v) is 19.6. The fraction of sp³-hybridized carbons (Fsp3) is 0.160. The van der Waals surface area contributed by atoms with Gasteiger partial charge >= 0.3 is 5.97 Å². The molecular formula is C25H22Cl2N2O4. The van der Waals surface area contributed by atoms with E-state index in [2.05, 4.69) is 10.5 Å². The summed E-state index contributed by atoms with van der Waals surface area (Å²) in [5.74, 6) is -0.0664. The van der Waals surface area contributed by atoms with Gasteiger partial charge in [0, 0.05) is 5.02 Å². The predicted octanol–water partition coefficient (Wildman–Crippen LogP) is 5.83. The maximum absolute atomic E-state index is 12.4. The van der Waals surface area contributed by atoms with Gasteiger partial charge in [-0.05, 0) is 73.0 Å². The van der Waals surface area contributed by atoms with E-state index in [-0.39, 0.29) is 0 Å². The van der Waals surface area contributed by atoms with E-state index < -0.39 is 18.0 Å². The first kappa shape index (κ1) is 24.3. The molecular weight excluding hydrogens is 463 g/mol. The SMILES string of the molecule is CCC(Oc1ccc(Cl)cc1Cl)C(=O)N/N=C/c1ccc(OC(=O)c2ccccc2C)cc1. The zero-order chi connectivity index (χ0) is 23.8. The standard InChI is InChI=1S/C25H22Cl2N2O4/c1-3-22(33-23-13-10-18(26)14-21(23)27)24(30)29-28-15-17-8-11-19(12-9-17)32-25(31)20-7-5-4-6-16(20)2/h4-15,22H,3H2,1-2H3,(H,29,30)/b28-15+. The van der Waals surface area contributed by atoms with Gasteiger partial charge in [0.25, 0.3) is 5.91 Å². The number of hydrogen-bond acceptors (Lipinski definition) is 5. The van der Waals surface area contributed by atoms with E-state index in [1.165, 1.54) is 6.21 Å². The predicted molar refractivity (Wildman–Crippen MR) is 129 cm³/mol. The lowest BCUT2D eigenvalue weighted by molar-refractivity contribution is -0.128. The van der Waals surface area contributed by atoms with Crippen LogP contribution in [0.2, 0.25) is 10.0 Å². The number of amides is 1. The number of hydrogen-bond donors (Lipinski definition) is 1. The lowest BCUT2D eigenvalue weighted by Crippen LogP contribution is -2.35.